The molecule has 1 rings (SSSR count). The molecule has 1 saturated carbocycles. The molecule has 0 unspecified atom stereocenters. The van der Waals surface area contributed by atoms with Gasteiger partial charge < -0.3 is 0 Å². The average molecular weight is 255 g/mol. The molecule has 0 atom stereocenters. The lowest BCUT2D eigenvalue weighted by molar-refractivity contribution is 0.573. The van der Waals surface area contributed by atoms with Gasteiger partial charge in [-0.3, -0.25) is 0 Å². The molecule has 101 valence electrons. The Hall–Kier alpha value is 0.430. The maximum atomic E-state index is 2.30. The Morgan fingerprint density at radius 3 is 1.88 bits per heavy atom. The molecule has 1 aliphatic carbocycles. The zero-order valence-electron chi connectivity index (χ0n) is 11.9. The summed E-state index contributed by atoms with van der Waals surface area (Å²) in [6, 6.07) is 0. The molecule has 1 radical (unpaired) electrons. The lowest BCUT2D eigenvalue weighted by atomic mass is 10.1. The van der Waals surface area contributed by atoms with E-state index in [4.69, 9.17) is 0 Å². The number of hydrogen-bond acceptors (Lipinski definition) is 0. The summed E-state index contributed by atoms with van der Waals surface area (Å²) in [6.07, 6.45) is 20.8. The second-order valence-corrected chi connectivity index (χ2v) is 7.22. The van der Waals surface area contributed by atoms with Crippen LogP contribution < -0.4 is 0 Å². The van der Waals surface area contributed by atoms with Gasteiger partial charge in [-0.05, 0) is 31.1 Å². The first-order chi connectivity index (χ1) is 8.43. The van der Waals surface area contributed by atoms with Crippen LogP contribution in [0.1, 0.15) is 90.4 Å². The minimum atomic E-state index is 1.09. The maximum Gasteiger partial charge on any atom is -0.0170 e. The van der Waals surface area contributed by atoms with Crippen molar-refractivity contribution in [1.82, 2.24) is 0 Å². The summed E-state index contributed by atoms with van der Waals surface area (Å²) in [5.41, 5.74) is 1.09. The van der Waals surface area contributed by atoms with Gasteiger partial charge in [0.05, 0.1) is 0 Å². The first kappa shape index (κ1) is 15.5. The molecule has 17 heavy (non-hydrogen) atoms. The van der Waals surface area contributed by atoms with E-state index in [1.54, 1.807) is 8.58 Å². The molecule has 0 aromatic carbocycles. The molecule has 0 N–H and O–H groups in total. The highest BCUT2D eigenvalue weighted by atomic mass is 31.1. The van der Waals surface area contributed by atoms with Gasteiger partial charge in [-0.1, -0.05) is 79.7 Å². The summed E-state index contributed by atoms with van der Waals surface area (Å²) in [4.78, 5) is 0. The largest absolute Gasteiger partial charge is 0.0775 e. The Kier molecular flexibility index (Phi) is 10.5. The topological polar surface area (TPSA) is 0 Å². The van der Waals surface area contributed by atoms with E-state index in [1.807, 2.05) is 0 Å². The fourth-order valence-electron chi connectivity index (χ4n) is 2.78. The molecule has 0 aromatic heterocycles. The third-order valence-corrected chi connectivity index (χ3v) is 5.58. The van der Waals surface area contributed by atoms with Crippen LogP contribution in [0, 0.1) is 0 Å². The molecule has 0 aliphatic heterocycles. The molecule has 0 amide bonds. The standard InChI is InChI=1S/C16H32P/c1-2-3-4-5-6-7-8-9-12-15-17-16-13-10-11-14-16/h16H,2-15H2,1H3. The molecule has 0 heterocycles. The van der Waals surface area contributed by atoms with Crippen molar-refractivity contribution in [3.63, 3.8) is 0 Å². The van der Waals surface area contributed by atoms with Crippen molar-refractivity contribution >= 4 is 8.58 Å². The summed E-state index contributed by atoms with van der Waals surface area (Å²) < 4.78 is 0. The Morgan fingerprint density at radius 2 is 1.29 bits per heavy atom. The van der Waals surface area contributed by atoms with E-state index in [0.717, 1.165) is 5.66 Å². The SMILES string of the molecule is CCCCCCCCCCC[P]C1CCCC1. The fourth-order valence-corrected chi connectivity index (χ4v) is 4.28. The highest BCUT2D eigenvalue weighted by molar-refractivity contribution is 7.38. The number of unbranched alkanes of at least 4 members (excludes halogenated alkanes) is 8. The van der Waals surface area contributed by atoms with E-state index in [0.29, 0.717) is 0 Å². The zero-order chi connectivity index (χ0) is 12.2. The van der Waals surface area contributed by atoms with Crippen LogP contribution >= 0.6 is 8.58 Å². The normalized spacial score (nSPS) is 17.5. The summed E-state index contributed by atoms with van der Waals surface area (Å²) in [6.45, 7) is 2.30. The maximum absolute atomic E-state index is 2.30. The lowest BCUT2D eigenvalue weighted by Gasteiger charge is -2.07. The molecule has 0 bridgehead atoms. The van der Waals surface area contributed by atoms with Gasteiger partial charge in [0.25, 0.3) is 0 Å². The van der Waals surface area contributed by atoms with Gasteiger partial charge in [-0.15, -0.1) is 0 Å². The Labute approximate surface area is 111 Å². The van der Waals surface area contributed by atoms with Gasteiger partial charge in [-0.2, -0.15) is 0 Å². The second kappa shape index (κ2) is 11.5. The van der Waals surface area contributed by atoms with E-state index < -0.39 is 0 Å². The lowest BCUT2D eigenvalue weighted by Crippen LogP contribution is -1.92. The molecule has 1 aliphatic rings. The third kappa shape index (κ3) is 9.06. The van der Waals surface area contributed by atoms with Crippen molar-refractivity contribution in [3.05, 3.63) is 0 Å². The average Bonchev–Trinajstić information content (AvgIpc) is 2.85. The summed E-state index contributed by atoms with van der Waals surface area (Å²) in [7, 11) is 1.78. The Bertz CT molecular complexity index is 150. The van der Waals surface area contributed by atoms with Crippen molar-refractivity contribution in [3.8, 4) is 0 Å². The van der Waals surface area contributed by atoms with Crippen LogP contribution in [0.15, 0.2) is 0 Å². The Morgan fingerprint density at radius 1 is 0.765 bits per heavy atom. The quantitative estimate of drug-likeness (QED) is 0.296. The second-order valence-electron chi connectivity index (χ2n) is 5.67. The first-order valence-electron chi connectivity index (χ1n) is 8.10. The van der Waals surface area contributed by atoms with Crippen molar-refractivity contribution in [2.24, 2.45) is 0 Å². The van der Waals surface area contributed by atoms with Crippen LogP contribution in [0.25, 0.3) is 0 Å². The highest BCUT2D eigenvalue weighted by Gasteiger charge is 2.14. The zero-order valence-corrected chi connectivity index (χ0v) is 12.8. The molecular weight excluding hydrogens is 223 g/mol. The van der Waals surface area contributed by atoms with Crippen molar-refractivity contribution in [2.75, 3.05) is 6.16 Å². The molecule has 1 heteroatoms. The van der Waals surface area contributed by atoms with Gasteiger partial charge >= 0.3 is 0 Å². The van der Waals surface area contributed by atoms with E-state index in [1.165, 1.54) is 89.6 Å². The van der Waals surface area contributed by atoms with E-state index in [9.17, 15) is 0 Å². The molecule has 0 saturated heterocycles. The van der Waals surface area contributed by atoms with Crippen LogP contribution in [0.4, 0.5) is 0 Å². The highest BCUT2D eigenvalue weighted by Crippen LogP contribution is 2.34. The van der Waals surface area contributed by atoms with E-state index >= 15 is 0 Å². The smallest absolute Gasteiger partial charge is 0.0170 e. The molecule has 1 fully saturated rings. The summed E-state index contributed by atoms with van der Waals surface area (Å²) in [5.74, 6) is 0. The van der Waals surface area contributed by atoms with Crippen LogP contribution in [0.2, 0.25) is 0 Å². The van der Waals surface area contributed by atoms with E-state index in [-0.39, 0.29) is 0 Å². The minimum Gasteiger partial charge on any atom is -0.0775 e. The van der Waals surface area contributed by atoms with Crippen LogP contribution in [0.5, 0.6) is 0 Å². The monoisotopic (exact) mass is 255 g/mol. The molecule has 0 aromatic rings. The van der Waals surface area contributed by atoms with Crippen molar-refractivity contribution in [1.29, 1.82) is 0 Å². The molecule has 0 nitrogen and oxygen atoms in total. The van der Waals surface area contributed by atoms with Gasteiger partial charge in [0.1, 0.15) is 0 Å². The Balaban J connectivity index is 1.69. The van der Waals surface area contributed by atoms with Gasteiger partial charge in [0.15, 0.2) is 0 Å². The number of rotatable bonds is 11. The van der Waals surface area contributed by atoms with Gasteiger partial charge in [0, 0.05) is 0 Å². The predicted octanol–water partition coefficient (Wildman–Crippen LogP) is 6.41. The van der Waals surface area contributed by atoms with Crippen molar-refractivity contribution in [2.45, 2.75) is 96.1 Å². The van der Waals surface area contributed by atoms with Crippen molar-refractivity contribution < 1.29 is 0 Å². The number of hydrogen-bond donors (Lipinski definition) is 0. The van der Waals surface area contributed by atoms with Crippen LogP contribution in [0.3, 0.4) is 0 Å². The van der Waals surface area contributed by atoms with Gasteiger partial charge in [0.2, 0.25) is 0 Å². The predicted molar refractivity (Wildman–Crippen MR) is 81.3 cm³/mol. The minimum absolute atomic E-state index is 1.09. The third-order valence-electron chi connectivity index (χ3n) is 3.97. The van der Waals surface area contributed by atoms with Gasteiger partial charge in [-0.25, -0.2) is 0 Å². The first-order valence-corrected chi connectivity index (χ1v) is 9.25. The molecule has 0 spiro atoms. The summed E-state index contributed by atoms with van der Waals surface area (Å²) in [5, 5.41) is 0. The summed E-state index contributed by atoms with van der Waals surface area (Å²) >= 11 is 0. The molecular formula is C16H32P. The van der Waals surface area contributed by atoms with Crippen LogP contribution in [-0.4, -0.2) is 11.8 Å². The van der Waals surface area contributed by atoms with Crippen LogP contribution in [-0.2, 0) is 0 Å². The fraction of sp³-hybridized carbons (Fsp3) is 1.00. The van der Waals surface area contributed by atoms with E-state index in [2.05, 4.69) is 6.92 Å².